The highest BCUT2D eigenvalue weighted by Crippen LogP contribution is 2.27. The molecule has 0 aliphatic carbocycles. The Morgan fingerprint density at radius 1 is 1.50 bits per heavy atom. The number of thiazole rings is 1. The van der Waals surface area contributed by atoms with Crippen LogP contribution in [0, 0.1) is 0 Å². The average Bonchev–Trinajstić information content (AvgIpc) is 2.80. The molecule has 1 amide bonds. The number of rotatable bonds is 8. The fraction of sp³-hybridized carbons (Fsp3) is 0.692. The lowest BCUT2D eigenvalue weighted by atomic mass is 10.1. The molecule has 0 aliphatic rings. The third-order valence-corrected chi connectivity index (χ3v) is 4.26. The number of anilines is 2. The van der Waals surface area contributed by atoms with Crippen molar-refractivity contribution in [3.8, 4) is 0 Å². The van der Waals surface area contributed by atoms with E-state index in [9.17, 15) is 4.79 Å². The summed E-state index contributed by atoms with van der Waals surface area (Å²) in [6.07, 6.45) is 1.85. The minimum absolute atomic E-state index is 0.0616. The largest absolute Gasteiger partial charge is 0.383 e. The van der Waals surface area contributed by atoms with Gasteiger partial charge in [-0.3, -0.25) is 4.79 Å². The first kappa shape index (κ1) is 16.7. The molecule has 0 atom stereocenters. The standard InChI is InChI=1S/C13H24N4O2S/c1-5-9(6-2)17(3)12(18)10-11(14)16-13(20-10)15-7-8-19-4/h9H,5-8,14H2,1-4H3,(H,15,16). The quantitative estimate of drug-likeness (QED) is 0.718. The molecule has 0 aliphatic heterocycles. The topological polar surface area (TPSA) is 80.5 Å². The second-order valence-electron chi connectivity index (χ2n) is 4.54. The third-order valence-electron chi connectivity index (χ3n) is 3.24. The van der Waals surface area contributed by atoms with Crippen LogP contribution >= 0.6 is 11.3 Å². The van der Waals surface area contributed by atoms with E-state index in [4.69, 9.17) is 10.5 Å². The van der Waals surface area contributed by atoms with Crippen molar-refractivity contribution in [3.05, 3.63) is 4.88 Å². The van der Waals surface area contributed by atoms with Gasteiger partial charge in [-0.25, -0.2) is 4.98 Å². The molecule has 0 fully saturated rings. The molecular formula is C13H24N4O2S. The van der Waals surface area contributed by atoms with Gasteiger partial charge in [-0.2, -0.15) is 0 Å². The van der Waals surface area contributed by atoms with Gasteiger partial charge in [0, 0.05) is 26.7 Å². The highest BCUT2D eigenvalue weighted by atomic mass is 32.1. The van der Waals surface area contributed by atoms with Gasteiger partial charge in [0.1, 0.15) is 10.7 Å². The van der Waals surface area contributed by atoms with Crippen molar-refractivity contribution in [2.75, 3.05) is 38.4 Å². The van der Waals surface area contributed by atoms with E-state index in [1.165, 1.54) is 11.3 Å². The number of hydrogen-bond donors (Lipinski definition) is 2. The van der Waals surface area contributed by atoms with Crippen LogP contribution in [0.4, 0.5) is 10.9 Å². The first-order chi connectivity index (χ1) is 9.54. The zero-order valence-corrected chi connectivity index (χ0v) is 13.4. The van der Waals surface area contributed by atoms with Crippen LogP contribution < -0.4 is 11.1 Å². The van der Waals surface area contributed by atoms with E-state index in [2.05, 4.69) is 24.1 Å². The molecule has 0 radical (unpaired) electrons. The number of hydrogen-bond acceptors (Lipinski definition) is 6. The Kier molecular flexibility index (Phi) is 6.74. The number of amides is 1. The SMILES string of the molecule is CCC(CC)N(C)C(=O)c1sc(NCCOC)nc1N. The maximum Gasteiger partial charge on any atom is 0.267 e. The van der Waals surface area contributed by atoms with Crippen LogP contribution in [0.1, 0.15) is 36.4 Å². The van der Waals surface area contributed by atoms with E-state index in [1.807, 2.05) is 7.05 Å². The van der Waals surface area contributed by atoms with Crippen LogP contribution in [0.25, 0.3) is 0 Å². The maximum atomic E-state index is 12.4. The molecule has 6 nitrogen and oxygen atoms in total. The van der Waals surface area contributed by atoms with Gasteiger partial charge in [-0.1, -0.05) is 25.2 Å². The Hall–Kier alpha value is -1.34. The number of nitrogens with two attached hydrogens (primary N) is 1. The molecule has 20 heavy (non-hydrogen) atoms. The molecule has 1 aromatic rings. The number of methoxy groups -OCH3 is 1. The summed E-state index contributed by atoms with van der Waals surface area (Å²) in [5, 5.41) is 3.74. The second-order valence-corrected chi connectivity index (χ2v) is 5.54. The van der Waals surface area contributed by atoms with E-state index >= 15 is 0 Å². The van der Waals surface area contributed by atoms with Gasteiger partial charge >= 0.3 is 0 Å². The minimum Gasteiger partial charge on any atom is -0.383 e. The molecule has 0 saturated carbocycles. The number of ether oxygens (including phenoxy) is 1. The van der Waals surface area contributed by atoms with Gasteiger partial charge in [0.2, 0.25) is 0 Å². The Morgan fingerprint density at radius 2 is 2.15 bits per heavy atom. The lowest BCUT2D eigenvalue weighted by Gasteiger charge is -2.25. The predicted octanol–water partition coefficient (Wildman–Crippen LogP) is 2.04. The van der Waals surface area contributed by atoms with Gasteiger partial charge in [-0.15, -0.1) is 0 Å². The Balaban J connectivity index is 2.77. The smallest absolute Gasteiger partial charge is 0.267 e. The monoisotopic (exact) mass is 300 g/mol. The Labute approximate surface area is 124 Å². The fourth-order valence-electron chi connectivity index (χ4n) is 1.98. The first-order valence-corrected chi connectivity index (χ1v) is 7.62. The summed E-state index contributed by atoms with van der Waals surface area (Å²) in [5.41, 5.74) is 5.85. The van der Waals surface area contributed by atoms with Crippen LogP contribution in [0.3, 0.4) is 0 Å². The molecule has 1 rings (SSSR count). The van der Waals surface area contributed by atoms with Gasteiger partial charge in [0.25, 0.3) is 5.91 Å². The summed E-state index contributed by atoms with van der Waals surface area (Å²) in [7, 11) is 3.45. The van der Waals surface area contributed by atoms with Gasteiger partial charge in [-0.05, 0) is 12.8 Å². The number of aromatic nitrogens is 1. The summed E-state index contributed by atoms with van der Waals surface area (Å²) in [5.74, 6) is 0.228. The highest BCUT2D eigenvalue weighted by Gasteiger charge is 2.23. The normalized spacial score (nSPS) is 10.8. The summed E-state index contributed by atoms with van der Waals surface area (Å²) in [6.45, 7) is 5.37. The van der Waals surface area contributed by atoms with Crippen molar-refractivity contribution in [1.82, 2.24) is 9.88 Å². The van der Waals surface area contributed by atoms with Crippen molar-refractivity contribution in [2.24, 2.45) is 0 Å². The highest BCUT2D eigenvalue weighted by molar-refractivity contribution is 7.18. The maximum absolute atomic E-state index is 12.4. The first-order valence-electron chi connectivity index (χ1n) is 6.81. The van der Waals surface area contributed by atoms with Crippen LogP contribution in [0.2, 0.25) is 0 Å². The average molecular weight is 300 g/mol. The van der Waals surface area contributed by atoms with E-state index in [0.717, 1.165) is 12.8 Å². The summed E-state index contributed by atoms with van der Waals surface area (Å²) in [4.78, 5) is 18.9. The van der Waals surface area contributed by atoms with Crippen LogP contribution in [0.5, 0.6) is 0 Å². The van der Waals surface area contributed by atoms with E-state index in [0.29, 0.717) is 23.2 Å². The lowest BCUT2D eigenvalue weighted by Crippen LogP contribution is -2.36. The summed E-state index contributed by atoms with van der Waals surface area (Å²) >= 11 is 1.29. The number of nitrogens with zero attached hydrogens (tertiary/aromatic N) is 2. The van der Waals surface area contributed by atoms with Crippen molar-refractivity contribution in [1.29, 1.82) is 0 Å². The van der Waals surface area contributed by atoms with E-state index in [1.54, 1.807) is 12.0 Å². The van der Waals surface area contributed by atoms with Crippen molar-refractivity contribution in [3.63, 3.8) is 0 Å². The molecule has 1 heterocycles. The van der Waals surface area contributed by atoms with Crippen LogP contribution in [-0.4, -0.2) is 49.1 Å². The third kappa shape index (κ3) is 4.08. The van der Waals surface area contributed by atoms with Crippen molar-refractivity contribution < 1.29 is 9.53 Å². The molecule has 0 unspecified atom stereocenters. The molecule has 7 heteroatoms. The lowest BCUT2D eigenvalue weighted by molar-refractivity contribution is 0.0729. The molecule has 0 saturated heterocycles. The molecule has 0 bridgehead atoms. The zero-order chi connectivity index (χ0) is 15.1. The molecular weight excluding hydrogens is 276 g/mol. The number of nitrogen functional groups attached to an aromatic ring is 1. The summed E-state index contributed by atoms with van der Waals surface area (Å²) in [6, 6.07) is 0.230. The predicted molar refractivity (Wildman–Crippen MR) is 83.4 cm³/mol. The molecule has 0 aromatic carbocycles. The number of carbonyl (C=O) groups excluding carboxylic acids is 1. The van der Waals surface area contributed by atoms with Gasteiger partial charge < -0.3 is 20.7 Å². The molecule has 3 N–H and O–H groups in total. The van der Waals surface area contributed by atoms with Gasteiger partial charge in [0.15, 0.2) is 5.13 Å². The zero-order valence-electron chi connectivity index (χ0n) is 12.6. The van der Waals surface area contributed by atoms with Crippen LogP contribution in [-0.2, 0) is 4.74 Å². The number of carbonyl (C=O) groups is 1. The Morgan fingerprint density at radius 3 is 2.70 bits per heavy atom. The number of nitrogens with one attached hydrogen (secondary N) is 1. The van der Waals surface area contributed by atoms with E-state index in [-0.39, 0.29) is 17.8 Å². The second kappa shape index (κ2) is 8.06. The molecule has 0 spiro atoms. The van der Waals surface area contributed by atoms with Crippen LogP contribution in [0.15, 0.2) is 0 Å². The molecule has 114 valence electrons. The minimum atomic E-state index is -0.0616. The molecule has 1 aromatic heterocycles. The fourth-order valence-corrected chi connectivity index (χ4v) is 2.88. The Bertz CT molecular complexity index is 432. The summed E-state index contributed by atoms with van der Waals surface area (Å²) < 4.78 is 4.95. The van der Waals surface area contributed by atoms with Crippen molar-refractivity contribution in [2.45, 2.75) is 32.7 Å². The van der Waals surface area contributed by atoms with Gasteiger partial charge in [0.05, 0.1) is 6.61 Å². The van der Waals surface area contributed by atoms with Crippen molar-refractivity contribution >= 4 is 28.2 Å². The van der Waals surface area contributed by atoms with E-state index < -0.39 is 0 Å².